The highest BCUT2D eigenvalue weighted by molar-refractivity contribution is 5.85. The third-order valence-electron chi connectivity index (χ3n) is 3.10. The van der Waals surface area contributed by atoms with E-state index in [4.69, 9.17) is 10.5 Å². The quantitative estimate of drug-likeness (QED) is 0.806. The van der Waals surface area contributed by atoms with E-state index < -0.39 is 12.3 Å². The number of hydrogen-bond acceptors (Lipinski definition) is 2. The molecule has 86 valence electrons. The highest BCUT2D eigenvalue weighted by atomic mass is 35.5. The van der Waals surface area contributed by atoms with Crippen LogP contribution in [-0.2, 0) is 4.74 Å². The zero-order valence-electron chi connectivity index (χ0n) is 8.34. The number of alkyl halides is 2. The smallest absolute Gasteiger partial charge is 0.241 e. The van der Waals surface area contributed by atoms with Gasteiger partial charge in [-0.25, -0.2) is 8.78 Å². The van der Waals surface area contributed by atoms with Crippen molar-refractivity contribution in [2.24, 2.45) is 11.7 Å². The van der Waals surface area contributed by atoms with Crippen LogP contribution in [0.15, 0.2) is 0 Å². The minimum atomic E-state index is -2.19. The average Bonchev–Trinajstić information content (AvgIpc) is 2.18. The van der Waals surface area contributed by atoms with Gasteiger partial charge in [0.25, 0.3) is 0 Å². The van der Waals surface area contributed by atoms with Gasteiger partial charge in [-0.05, 0) is 25.7 Å². The van der Waals surface area contributed by atoms with E-state index in [9.17, 15) is 8.78 Å². The van der Waals surface area contributed by atoms with Crippen LogP contribution in [0.5, 0.6) is 0 Å². The number of rotatable bonds is 3. The molecule has 0 bridgehead atoms. The largest absolute Gasteiger partial charge is 0.377 e. The average molecular weight is 230 g/mol. The molecule has 14 heavy (non-hydrogen) atoms. The van der Waals surface area contributed by atoms with Gasteiger partial charge in [-0.2, -0.15) is 0 Å². The van der Waals surface area contributed by atoms with Gasteiger partial charge in [0.1, 0.15) is 0 Å². The van der Waals surface area contributed by atoms with Crippen molar-refractivity contribution >= 4 is 12.4 Å². The summed E-state index contributed by atoms with van der Waals surface area (Å²) < 4.78 is 29.9. The van der Waals surface area contributed by atoms with E-state index in [0.717, 1.165) is 0 Å². The van der Waals surface area contributed by atoms with Crippen LogP contribution in [0.1, 0.15) is 25.7 Å². The molecule has 0 unspecified atom stereocenters. The van der Waals surface area contributed by atoms with Crippen LogP contribution in [0, 0.1) is 5.92 Å². The van der Waals surface area contributed by atoms with Crippen LogP contribution in [0.4, 0.5) is 8.78 Å². The summed E-state index contributed by atoms with van der Waals surface area (Å²) in [5.74, 6) is -0.449. The van der Waals surface area contributed by atoms with Crippen LogP contribution in [0.25, 0.3) is 0 Å². The first-order valence-electron chi connectivity index (χ1n) is 4.67. The van der Waals surface area contributed by atoms with Crippen LogP contribution >= 0.6 is 12.4 Å². The number of methoxy groups -OCH3 is 1. The molecule has 0 aromatic rings. The maximum Gasteiger partial charge on any atom is 0.241 e. The first-order valence-corrected chi connectivity index (χ1v) is 4.67. The van der Waals surface area contributed by atoms with Gasteiger partial charge >= 0.3 is 0 Å². The Morgan fingerprint density at radius 3 is 2.21 bits per heavy atom. The Labute approximate surface area is 89.6 Å². The molecule has 1 saturated carbocycles. The molecule has 1 aliphatic rings. The molecule has 0 radical (unpaired) electrons. The molecule has 1 fully saturated rings. The van der Waals surface area contributed by atoms with E-state index in [0.29, 0.717) is 32.2 Å². The Bertz CT molecular complexity index is 155. The number of halogens is 3. The second-order valence-corrected chi connectivity index (χ2v) is 3.76. The van der Waals surface area contributed by atoms with Crippen LogP contribution < -0.4 is 5.73 Å². The number of ether oxygens (including phenoxy) is 1. The normalized spacial score (nSPS) is 32.8. The van der Waals surface area contributed by atoms with Crippen LogP contribution in [0.2, 0.25) is 0 Å². The summed E-state index contributed by atoms with van der Waals surface area (Å²) in [6, 6.07) is 0. The molecule has 2 nitrogen and oxygen atoms in total. The van der Waals surface area contributed by atoms with E-state index in [1.54, 1.807) is 7.11 Å². The maximum absolute atomic E-state index is 12.3. The Morgan fingerprint density at radius 1 is 1.43 bits per heavy atom. The molecule has 2 N–H and O–H groups in total. The molecule has 0 aliphatic heterocycles. The number of hydrogen-bond donors (Lipinski definition) is 1. The molecular weight excluding hydrogens is 212 g/mol. The predicted molar refractivity (Wildman–Crippen MR) is 54.0 cm³/mol. The van der Waals surface area contributed by atoms with E-state index in [1.165, 1.54) is 0 Å². The highest BCUT2D eigenvalue weighted by Gasteiger charge is 2.36. The third kappa shape index (κ3) is 3.04. The van der Waals surface area contributed by atoms with Crippen molar-refractivity contribution in [2.45, 2.75) is 37.7 Å². The van der Waals surface area contributed by atoms with Crippen molar-refractivity contribution in [1.82, 2.24) is 0 Å². The Hall–Kier alpha value is 0.0700. The third-order valence-corrected chi connectivity index (χ3v) is 3.10. The molecule has 0 atom stereocenters. The van der Waals surface area contributed by atoms with Crippen molar-refractivity contribution in [3.8, 4) is 0 Å². The summed E-state index contributed by atoms with van der Waals surface area (Å²) in [5, 5.41) is 0. The fourth-order valence-electron chi connectivity index (χ4n) is 1.91. The molecule has 0 saturated heterocycles. The van der Waals surface area contributed by atoms with Crippen molar-refractivity contribution in [2.75, 3.05) is 13.7 Å². The topological polar surface area (TPSA) is 35.2 Å². The molecule has 0 heterocycles. The lowest BCUT2D eigenvalue weighted by molar-refractivity contribution is -0.0618. The molecular formula is C9H18ClF2NO. The first kappa shape index (κ1) is 14.1. The molecule has 0 aromatic heterocycles. The van der Waals surface area contributed by atoms with Gasteiger partial charge in [0.05, 0.1) is 5.60 Å². The Morgan fingerprint density at radius 2 is 1.93 bits per heavy atom. The predicted octanol–water partition coefficient (Wildman–Crippen LogP) is 2.21. The monoisotopic (exact) mass is 229 g/mol. The minimum Gasteiger partial charge on any atom is -0.377 e. The molecule has 1 aliphatic carbocycles. The SMILES string of the molecule is COC1(CN)CCC(C(F)F)CC1.Cl. The zero-order chi connectivity index (χ0) is 9.90. The summed E-state index contributed by atoms with van der Waals surface area (Å²) in [7, 11) is 1.61. The van der Waals surface area contributed by atoms with Gasteiger partial charge in [-0.3, -0.25) is 0 Å². The minimum absolute atomic E-state index is 0. The Balaban J connectivity index is 0.00000169. The summed E-state index contributed by atoms with van der Waals surface area (Å²) in [5.41, 5.74) is 5.23. The lowest BCUT2D eigenvalue weighted by Crippen LogP contribution is -2.43. The Kier molecular flexibility index (Phi) is 5.86. The molecule has 1 rings (SSSR count). The first-order chi connectivity index (χ1) is 6.13. The molecule has 0 spiro atoms. The molecule has 5 heteroatoms. The van der Waals surface area contributed by atoms with Gasteiger partial charge in [-0.1, -0.05) is 0 Å². The van der Waals surface area contributed by atoms with Gasteiger partial charge in [0, 0.05) is 19.6 Å². The van der Waals surface area contributed by atoms with Crippen molar-refractivity contribution in [3.63, 3.8) is 0 Å². The lowest BCUT2D eigenvalue weighted by atomic mass is 9.79. The van der Waals surface area contributed by atoms with Gasteiger partial charge in [0.2, 0.25) is 6.43 Å². The van der Waals surface area contributed by atoms with E-state index >= 15 is 0 Å². The molecule has 0 aromatic carbocycles. The second kappa shape index (κ2) is 5.83. The fourth-order valence-corrected chi connectivity index (χ4v) is 1.91. The summed E-state index contributed by atoms with van der Waals surface area (Å²) in [4.78, 5) is 0. The second-order valence-electron chi connectivity index (χ2n) is 3.76. The van der Waals surface area contributed by atoms with Crippen LogP contribution in [0.3, 0.4) is 0 Å². The lowest BCUT2D eigenvalue weighted by Gasteiger charge is -2.37. The van der Waals surface area contributed by atoms with Gasteiger partial charge in [-0.15, -0.1) is 12.4 Å². The number of nitrogens with two attached hydrogens (primary N) is 1. The summed E-state index contributed by atoms with van der Waals surface area (Å²) in [6.07, 6.45) is 0.197. The van der Waals surface area contributed by atoms with Crippen molar-refractivity contribution in [3.05, 3.63) is 0 Å². The fraction of sp³-hybridized carbons (Fsp3) is 1.00. The summed E-state index contributed by atoms with van der Waals surface area (Å²) in [6.45, 7) is 0.430. The van der Waals surface area contributed by atoms with E-state index in [2.05, 4.69) is 0 Å². The van der Waals surface area contributed by atoms with Gasteiger partial charge < -0.3 is 10.5 Å². The zero-order valence-corrected chi connectivity index (χ0v) is 9.16. The van der Waals surface area contributed by atoms with Crippen molar-refractivity contribution < 1.29 is 13.5 Å². The van der Waals surface area contributed by atoms with Crippen molar-refractivity contribution in [1.29, 1.82) is 0 Å². The standard InChI is InChI=1S/C9H17F2NO.ClH/c1-13-9(6-12)4-2-7(3-5-9)8(10)11;/h7-8H,2-6,12H2,1H3;1H. The summed E-state index contributed by atoms with van der Waals surface area (Å²) >= 11 is 0. The molecule has 0 amide bonds. The van der Waals surface area contributed by atoms with Crippen LogP contribution in [-0.4, -0.2) is 25.7 Å². The maximum atomic E-state index is 12.3. The van der Waals surface area contributed by atoms with E-state index in [1.807, 2.05) is 0 Å². The highest BCUT2D eigenvalue weighted by Crippen LogP contribution is 2.36. The van der Waals surface area contributed by atoms with E-state index in [-0.39, 0.29) is 18.0 Å². The van der Waals surface area contributed by atoms with Gasteiger partial charge in [0.15, 0.2) is 0 Å².